The van der Waals surface area contributed by atoms with Crippen LogP contribution < -0.4 is 5.32 Å². The Morgan fingerprint density at radius 3 is 2.52 bits per heavy atom. The van der Waals surface area contributed by atoms with Crippen molar-refractivity contribution in [3.8, 4) is 0 Å². The molecule has 114 valence electrons. The number of carboxylic acid groups (broad SMARTS) is 1. The summed E-state index contributed by atoms with van der Waals surface area (Å²) < 4.78 is 37.7. The number of rotatable bonds is 6. The lowest BCUT2D eigenvalue weighted by molar-refractivity contribution is -0.120. The molecule has 21 heavy (non-hydrogen) atoms. The highest BCUT2D eigenvalue weighted by atomic mass is 32.2. The average molecular weight is 315 g/mol. The van der Waals surface area contributed by atoms with Crippen LogP contribution in [0.25, 0.3) is 0 Å². The zero-order chi connectivity index (χ0) is 15.6. The van der Waals surface area contributed by atoms with Crippen LogP contribution in [-0.2, 0) is 14.6 Å². The molecular formula is C13H14FNO5S. The Morgan fingerprint density at radius 2 is 2.00 bits per heavy atom. The molecule has 0 unspecified atom stereocenters. The van der Waals surface area contributed by atoms with E-state index in [9.17, 15) is 22.4 Å². The Hall–Kier alpha value is -1.96. The number of nitrogens with one attached hydrogen (secondary N) is 1. The highest BCUT2D eigenvalue weighted by molar-refractivity contribution is 7.91. The van der Waals surface area contributed by atoms with Gasteiger partial charge in [-0.15, -0.1) is 0 Å². The van der Waals surface area contributed by atoms with E-state index in [4.69, 9.17) is 5.11 Å². The highest BCUT2D eigenvalue weighted by Gasteiger charge is 2.25. The Kier molecular flexibility index (Phi) is 4.26. The fraction of sp³-hybridized carbons (Fsp3) is 0.385. The van der Waals surface area contributed by atoms with Crippen LogP contribution in [0.15, 0.2) is 23.1 Å². The zero-order valence-electron chi connectivity index (χ0n) is 11.0. The first-order valence-corrected chi connectivity index (χ1v) is 8.00. The normalized spacial score (nSPS) is 14.7. The first-order valence-electron chi connectivity index (χ1n) is 6.34. The number of benzene rings is 1. The van der Waals surface area contributed by atoms with Crippen LogP contribution >= 0.6 is 0 Å². The van der Waals surface area contributed by atoms with Crippen molar-refractivity contribution in [2.24, 2.45) is 0 Å². The molecule has 1 fully saturated rings. The van der Waals surface area contributed by atoms with Crippen molar-refractivity contribution in [2.75, 3.05) is 5.75 Å². The molecule has 0 heterocycles. The summed E-state index contributed by atoms with van der Waals surface area (Å²) in [6.07, 6.45) is 1.53. The fourth-order valence-electron chi connectivity index (χ4n) is 1.75. The van der Waals surface area contributed by atoms with Crippen LogP contribution in [0.1, 0.15) is 29.6 Å². The SMILES string of the molecule is O=C(CCS(=O)(=O)c1ccc(C(=O)O)cc1F)NC1CC1. The van der Waals surface area contributed by atoms with Gasteiger partial charge in [-0.1, -0.05) is 0 Å². The van der Waals surface area contributed by atoms with E-state index in [0.717, 1.165) is 25.0 Å². The van der Waals surface area contributed by atoms with Crippen LogP contribution in [0.5, 0.6) is 0 Å². The van der Waals surface area contributed by atoms with Gasteiger partial charge in [0.05, 0.1) is 11.3 Å². The highest BCUT2D eigenvalue weighted by Crippen LogP contribution is 2.20. The van der Waals surface area contributed by atoms with E-state index in [-0.39, 0.29) is 23.9 Å². The van der Waals surface area contributed by atoms with E-state index < -0.39 is 32.3 Å². The minimum Gasteiger partial charge on any atom is -0.478 e. The number of carbonyl (C=O) groups is 2. The first kappa shape index (κ1) is 15.4. The second kappa shape index (κ2) is 5.80. The minimum absolute atomic E-state index is 0.131. The minimum atomic E-state index is -3.97. The number of hydrogen-bond acceptors (Lipinski definition) is 4. The monoisotopic (exact) mass is 315 g/mol. The number of amides is 1. The van der Waals surface area contributed by atoms with Crippen molar-refractivity contribution < 1.29 is 27.5 Å². The van der Waals surface area contributed by atoms with Gasteiger partial charge in [0.25, 0.3) is 0 Å². The van der Waals surface area contributed by atoms with Gasteiger partial charge in [-0.25, -0.2) is 17.6 Å². The largest absolute Gasteiger partial charge is 0.478 e. The third-order valence-electron chi connectivity index (χ3n) is 3.05. The molecule has 0 atom stereocenters. The molecule has 1 saturated carbocycles. The van der Waals surface area contributed by atoms with Crippen LogP contribution in [0, 0.1) is 5.82 Å². The van der Waals surface area contributed by atoms with Gasteiger partial charge in [0.2, 0.25) is 5.91 Å². The molecule has 1 aliphatic carbocycles. The molecule has 1 aromatic rings. The third-order valence-corrected chi connectivity index (χ3v) is 4.80. The van der Waals surface area contributed by atoms with E-state index >= 15 is 0 Å². The summed E-state index contributed by atoms with van der Waals surface area (Å²) in [7, 11) is -3.97. The third kappa shape index (κ3) is 4.01. The summed E-state index contributed by atoms with van der Waals surface area (Å²) in [5.41, 5.74) is -0.335. The van der Waals surface area contributed by atoms with Crippen LogP contribution in [0.4, 0.5) is 4.39 Å². The Bertz CT molecular complexity index is 682. The van der Waals surface area contributed by atoms with Gasteiger partial charge in [-0.3, -0.25) is 4.79 Å². The van der Waals surface area contributed by atoms with Gasteiger partial charge in [-0.05, 0) is 31.0 Å². The predicted octanol–water partition coefficient (Wildman–Crippen LogP) is 0.966. The smallest absolute Gasteiger partial charge is 0.335 e. The van der Waals surface area contributed by atoms with E-state index in [1.165, 1.54) is 0 Å². The molecule has 2 rings (SSSR count). The molecule has 1 aliphatic rings. The molecule has 0 aromatic heterocycles. The van der Waals surface area contributed by atoms with E-state index in [1.54, 1.807) is 0 Å². The lowest BCUT2D eigenvalue weighted by Gasteiger charge is -2.07. The van der Waals surface area contributed by atoms with Crippen molar-refractivity contribution in [1.82, 2.24) is 5.32 Å². The zero-order valence-corrected chi connectivity index (χ0v) is 11.8. The van der Waals surface area contributed by atoms with Gasteiger partial charge in [0, 0.05) is 12.5 Å². The van der Waals surface area contributed by atoms with Gasteiger partial charge in [0.15, 0.2) is 9.84 Å². The van der Waals surface area contributed by atoms with Crippen molar-refractivity contribution in [3.05, 3.63) is 29.6 Å². The Labute approximate surface area is 120 Å². The molecule has 0 spiro atoms. The molecule has 0 bridgehead atoms. The number of carbonyl (C=O) groups excluding carboxylic acids is 1. The van der Waals surface area contributed by atoms with E-state index in [2.05, 4.69) is 5.32 Å². The molecule has 8 heteroatoms. The summed E-state index contributed by atoms with van der Waals surface area (Å²) >= 11 is 0. The molecule has 1 aromatic carbocycles. The van der Waals surface area contributed by atoms with E-state index in [1.807, 2.05) is 0 Å². The maximum absolute atomic E-state index is 13.7. The second-order valence-electron chi connectivity index (χ2n) is 4.86. The molecule has 0 saturated heterocycles. The topological polar surface area (TPSA) is 101 Å². The number of hydrogen-bond donors (Lipinski definition) is 2. The number of carboxylic acids is 1. The Morgan fingerprint density at radius 1 is 1.33 bits per heavy atom. The second-order valence-corrected chi connectivity index (χ2v) is 6.94. The fourth-order valence-corrected chi connectivity index (χ4v) is 3.06. The molecule has 0 radical (unpaired) electrons. The van der Waals surface area contributed by atoms with Gasteiger partial charge >= 0.3 is 5.97 Å². The summed E-state index contributed by atoms with van der Waals surface area (Å²) in [6, 6.07) is 2.71. The van der Waals surface area contributed by atoms with Crippen molar-refractivity contribution in [2.45, 2.75) is 30.2 Å². The molecule has 6 nitrogen and oxygen atoms in total. The number of sulfone groups is 1. The van der Waals surface area contributed by atoms with Crippen LogP contribution in [0.3, 0.4) is 0 Å². The summed E-state index contributed by atoms with van der Waals surface area (Å²) in [5.74, 6) is -3.38. The molecular weight excluding hydrogens is 301 g/mol. The van der Waals surface area contributed by atoms with Crippen LogP contribution in [-0.4, -0.2) is 37.2 Å². The van der Waals surface area contributed by atoms with Crippen molar-refractivity contribution >= 4 is 21.7 Å². The van der Waals surface area contributed by atoms with Gasteiger partial charge < -0.3 is 10.4 Å². The first-order chi connectivity index (χ1) is 9.79. The average Bonchev–Trinajstić information content (AvgIpc) is 3.20. The molecule has 0 aliphatic heterocycles. The van der Waals surface area contributed by atoms with Gasteiger partial charge in [0.1, 0.15) is 10.7 Å². The van der Waals surface area contributed by atoms with E-state index in [0.29, 0.717) is 6.07 Å². The quantitative estimate of drug-likeness (QED) is 0.814. The predicted molar refractivity (Wildman–Crippen MR) is 71.2 cm³/mol. The summed E-state index contributed by atoms with van der Waals surface area (Å²) in [4.78, 5) is 21.5. The maximum atomic E-state index is 13.7. The lowest BCUT2D eigenvalue weighted by atomic mass is 10.2. The summed E-state index contributed by atoms with van der Waals surface area (Å²) in [6.45, 7) is 0. The summed E-state index contributed by atoms with van der Waals surface area (Å²) in [5, 5.41) is 11.3. The van der Waals surface area contributed by atoms with Gasteiger partial charge in [-0.2, -0.15) is 0 Å². The molecule has 2 N–H and O–H groups in total. The number of aromatic carboxylic acids is 1. The maximum Gasteiger partial charge on any atom is 0.335 e. The van der Waals surface area contributed by atoms with Crippen molar-refractivity contribution in [1.29, 1.82) is 0 Å². The molecule has 1 amide bonds. The van der Waals surface area contributed by atoms with Crippen molar-refractivity contribution in [3.63, 3.8) is 0 Å². The standard InChI is InChI=1S/C13H14FNO5S/c14-10-7-8(13(17)18)1-4-11(10)21(19,20)6-5-12(16)15-9-2-3-9/h1,4,7,9H,2-3,5-6H2,(H,15,16)(H,17,18). The van der Waals surface area contributed by atoms with Crippen LogP contribution in [0.2, 0.25) is 0 Å². The number of halogens is 1. The Balaban J connectivity index is 2.07. The lowest BCUT2D eigenvalue weighted by Crippen LogP contribution is -2.27.